The van der Waals surface area contributed by atoms with Gasteiger partial charge in [-0.15, -0.1) is 0 Å². The minimum atomic E-state index is -3.69. The predicted molar refractivity (Wildman–Crippen MR) is 68.5 cm³/mol. The second-order valence-corrected chi connectivity index (χ2v) is 5.44. The molecule has 0 atom stereocenters. The van der Waals surface area contributed by atoms with Crippen LogP contribution in [-0.2, 0) is 16.6 Å². The molecule has 0 saturated heterocycles. The fraction of sp³-hybridized carbons (Fsp3) is 0.182. The van der Waals surface area contributed by atoms with Crippen LogP contribution in [0.1, 0.15) is 11.4 Å². The van der Waals surface area contributed by atoms with Gasteiger partial charge in [0.2, 0.25) is 10.0 Å². The average molecular weight is 266 g/mol. The maximum absolute atomic E-state index is 11.4. The zero-order valence-electron chi connectivity index (χ0n) is 9.84. The Hall–Kier alpha value is -1.86. The number of nitrogens with two attached hydrogens (primary N) is 1. The quantitative estimate of drug-likeness (QED) is 0.767. The molecule has 0 aliphatic carbocycles. The fourth-order valence-electron chi connectivity index (χ4n) is 1.60. The summed E-state index contributed by atoms with van der Waals surface area (Å²) in [6.45, 7) is 2.19. The van der Waals surface area contributed by atoms with E-state index in [-0.39, 0.29) is 4.90 Å². The molecule has 1 heterocycles. The molecular weight excluding hydrogens is 252 g/mol. The van der Waals surface area contributed by atoms with E-state index in [1.54, 1.807) is 31.5 Å². The number of benzene rings is 1. The maximum Gasteiger partial charge on any atom is 0.238 e. The van der Waals surface area contributed by atoms with E-state index < -0.39 is 10.0 Å². The van der Waals surface area contributed by atoms with Gasteiger partial charge in [0.05, 0.1) is 11.4 Å². The summed E-state index contributed by atoms with van der Waals surface area (Å²) in [4.78, 5) is 7.14. The second kappa shape index (κ2) is 4.79. The van der Waals surface area contributed by atoms with Crippen LogP contribution in [0.15, 0.2) is 35.5 Å². The van der Waals surface area contributed by atoms with Gasteiger partial charge in [0, 0.05) is 18.1 Å². The molecule has 6 nitrogen and oxygen atoms in total. The van der Waals surface area contributed by atoms with Crippen LogP contribution in [0.4, 0.5) is 5.69 Å². The molecule has 4 N–H and O–H groups in total. The number of aromatic nitrogens is 2. The molecule has 0 fully saturated rings. The van der Waals surface area contributed by atoms with Crippen LogP contribution in [0.25, 0.3) is 0 Å². The van der Waals surface area contributed by atoms with Gasteiger partial charge in [-0.25, -0.2) is 18.5 Å². The van der Waals surface area contributed by atoms with Crippen molar-refractivity contribution in [2.24, 2.45) is 5.14 Å². The number of aryl methyl sites for hydroxylation is 1. The summed E-state index contributed by atoms with van der Waals surface area (Å²) in [5, 5.41) is 8.22. The van der Waals surface area contributed by atoms with E-state index in [0.717, 1.165) is 5.82 Å². The molecule has 0 amide bonds. The number of H-pyrrole nitrogens is 1. The molecule has 1 aromatic carbocycles. The molecule has 18 heavy (non-hydrogen) atoms. The molecule has 0 saturated carbocycles. The van der Waals surface area contributed by atoms with Gasteiger partial charge in [-0.2, -0.15) is 0 Å². The normalized spacial score (nSPS) is 11.4. The van der Waals surface area contributed by atoms with Gasteiger partial charge in [-0.1, -0.05) is 6.07 Å². The van der Waals surface area contributed by atoms with Crippen LogP contribution >= 0.6 is 0 Å². The Labute approximate surface area is 105 Å². The highest BCUT2D eigenvalue weighted by Crippen LogP contribution is 2.19. The first-order valence-electron chi connectivity index (χ1n) is 5.32. The molecule has 0 aliphatic rings. The lowest BCUT2D eigenvalue weighted by atomic mass is 10.2. The van der Waals surface area contributed by atoms with Crippen molar-refractivity contribution >= 4 is 15.7 Å². The zero-order chi connectivity index (χ0) is 13.2. The van der Waals surface area contributed by atoms with Gasteiger partial charge in [-0.3, -0.25) is 0 Å². The van der Waals surface area contributed by atoms with E-state index in [1.807, 2.05) is 0 Å². The van der Waals surface area contributed by atoms with E-state index >= 15 is 0 Å². The van der Waals surface area contributed by atoms with Crippen molar-refractivity contribution in [3.8, 4) is 0 Å². The third kappa shape index (κ3) is 2.88. The smallest absolute Gasteiger partial charge is 0.238 e. The number of rotatable bonds is 4. The lowest BCUT2D eigenvalue weighted by Gasteiger charge is -2.08. The Morgan fingerprint density at radius 3 is 2.83 bits per heavy atom. The predicted octanol–water partition coefficient (Wildman–Crippen LogP) is 0.978. The van der Waals surface area contributed by atoms with Gasteiger partial charge in [0.1, 0.15) is 5.82 Å². The molecule has 2 rings (SSSR count). The monoisotopic (exact) mass is 266 g/mol. The molecule has 96 valence electrons. The highest BCUT2D eigenvalue weighted by Gasteiger charge is 2.11. The molecule has 0 unspecified atom stereocenters. The SMILES string of the molecule is Cc1ccc(NCc2ncc[nH]2)cc1S(N)(=O)=O. The highest BCUT2D eigenvalue weighted by molar-refractivity contribution is 7.89. The largest absolute Gasteiger partial charge is 0.378 e. The van der Waals surface area contributed by atoms with Crippen molar-refractivity contribution in [1.82, 2.24) is 9.97 Å². The number of hydrogen-bond donors (Lipinski definition) is 3. The Balaban J connectivity index is 2.20. The van der Waals surface area contributed by atoms with E-state index in [2.05, 4.69) is 15.3 Å². The van der Waals surface area contributed by atoms with Crippen molar-refractivity contribution < 1.29 is 8.42 Å². The Morgan fingerprint density at radius 2 is 2.22 bits per heavy atom. The van der Waals surface area contributed by atoms with E-state index in [4.69, 9.17) is 5.14 Å². The van der Waals surface area contributed by atoms with Gasteiger partial charge in [0.15, 0.2) is 0 Å². The van der Waals surface area contributed by atoms with Crippen molar-refractivity contribution in [2.75, 3.05) is 5.32 Å². The van der Waals surface area contributed by atoms with Crippen molar-refractivity contribution in [1.29, 1.82) is 0 Å². The molecule has 0 aliphatic heterocycles. The Morgan fingerprint density at radius 1 is 1.44 bits per heavy atom. The van der Waals surface area contributed by atoms with Gasteiger partial charge in [0.25, 0.3) is 0 Å². The molecule has 1 aromatic heterocycles. The van der Waals surface area contributed by atoms with Crippen LogP contribution in [0.5, 0.6) is 0 Å². The Kier molecular flexibility index (Phi) is 3.35. The summed E-state index contributed by atoms with van der Waals surface area (Å²) in [5.74, 6) is 0.771. The van der Waals surface area contributed by atoms with Crippen LogP contribution in [-0.4, -0.2) is 18.4 Å². The standard InChI is InChI=1S/C11H14N4O2S/c1-8-2-3-9(6-10(8)18(12,16)17)15-7-11-13-4-5-14-11/h2-6,15H,7H2,1H3,(H,13,14)(H2,12,16,17). The summed E-state index contributed by atoms with van der Waals surface area (Å²) in [5.41, 5.74) is 1.31. The van der Waals surface area contributed by atoms with Gasteiger partial charge in [-0.05, 0) is 24.6 Å². The summed E-state index contributed by atoms with van der Waals surface area (Å²) in [6.07, 6.45) is 3.38. The van der Waals surface area contributed by atoms with Crippen molar-refractivity contribution in [2.45, 2.75) is 18.4 Å². The van der Waals surface area contributed by atoms with Crippen LogP contribution < -0.4 is 10.5 Å². The first kappa shape index (κ1) is 12.6. The maximum atomic E-state index is 11.4. The molecule has 7 heteroatoms. The topological polar surface area (TPSA) is 101 Å². The van der Waals surface area contributed by atoms with E-state index in [9.17, 15) is 8.42 Å². The minimum absolute atomic E-state index is 0.131. The minimum Gasteiger partial charge on any atom is -0.378 e. The zero-order valence-corrected chi connectivity index (χ0v) is 10.7. The number of imidazole rings is 1. The number of hydrogen-bond acceptors (Lipinski definition) is 4. The molecule has 2 aromatic rings. The lowest BCUT2D eigenvalue weighted by Crippen LogP contribution is -2.14. The lowest BCUT2D eigenvalue weighted by molar-refractivity contribution is 0.597. The number of aromatic amines is 1. The van der Waals surface area contributed by atoms with Gasteiger partial charge < -0.3 is 10.3 Å². The molecular formula is C11H14N4O2S. The number of primary sulfonamides is 1. The highest BCUT2D eigenvalue weighted by atomic mass is 32.2. The van der Waals surface area contributed by atoms with Gasteiger partial charge >= 0.3 is 0 Å². The Bertz CT molecular complexity index is 635. The first-order valence-corrected chi connectivity index (χ1v) is 6.87. The van der Waals surface area contributed by atoms with E-state index in [0.29, 0.717) is 17.8 Å². The van der Waals surface area contributed by atoms with Crippen molar-refractivity contribution in [3.05, 3.63) is 42.0 Å². The summed E-state index contributed by atoms with van der Waals surface area (Å²) >= 11 is 0. The van der Waals surface area contributed by atoms with Crippen LogP contribution in [0.3, 0.4) is 0 Å². The summed E-state index contributed by atoms with van der Waals surface area (Å²) in [6, 6.07) is 5.03. The number of anilines is 1. The number of nitrogens with zero attached hydrogens (tertiary/aromatic N) is 1. The summed E-state index contributed by atoms with van der Waals surface area (Å²) < 4.78 is 22.7. The third-order valence-electron chi connectivity index (χ3n) is 2.51. The number of sulfonamides is 1. The molecule has 0 bridgehead atoms. The summed E-state index contributed by atoms with van der Waals surface area (Å²) in [7, 11) is -3.69. The first-order chi connectivity index (χ1) is 8.47. The van der Waals surface area contributed by atoms with Crippen molar-refractivity contribution in [3.63, 3.8) is 0 Å². The molecule has 0 radical (unpaired) electrons. The second-order valence-electron chi connectivity index (χ2n) is 3.91. The average Bonchev–Trinajstić information content (AvgIpc) is 2.79. The molecule has 0 spiro atoms. The number of nitrogens with one attached hydrogen (secondary N) is 2. The van der Waals surface area contributed by atoms with Crippen LogP contribution in [0, 0.1) is 6.92 Å². The fourth-order valence-corrected chi connectivity index (χ4v) is 2.41. The van der Waals surface area contributed by atoms with Crippen LogP contribution in [0.2, 0.25) is 0 Å². The third-order valence-corrected chi connectivity index (χ3v) is 3.56. The van der Waals surface area contributed by atoms with E-state index in [1.165, 1.54) is 6.07 Å².